The Balaban J connectivity index is 1.65. The van der Waals surface area contributed by atoms with Gasteiger partial charge in [-0.15, -0.1) is 23.1 Å². The van der Waals surface area contributed by atoms with Gasteiger partial charge in [-0.05, 0) is 30.7 Å². The zero-order chi connectivity index (χ0) is 25.3. The molecule has 0 unspecified atom stereocenters. The van der Waals surface area contributed by atoms with Crippen LogP contribution in [0.25, 0.3) is 21.6 Å². The fraction of sp³-hybridized carbons (Fsp3) is 0.391. The van der Waals surface area contributed by atoms with Crippen LogP contribution in [0.15, 0.2) is 31.5 Å². The van der Waals surface area contributed by atoms with Crippen molar-refractivity contribution in [1.82, 2.24) is 23.6 Å². The molecule has 2 aliphatic rings. The quantitative estimate of drug-likeness (QED) is 0.386. The summed E-state index contributed by atoms with van der Waals surface area (Å²) in [5.74, 6) is 0.606. The monoisotopic (exact) mass is 547 g/mol. The predicted molar refractivity (Wildman–Crippen MR) is 138 cm³/mol. The third kappa shape index (κ3) is 3.53. The van der Waals surface area contributed by atoms with Gasteiger partial charge in [-0.1, -0.05) is 0 Å². The number of aryl methyl sites for hydroxylation is 2. The van der Waals surface area contributed by atoms with Gasteiger partial charge in [0, 0.05) is 43.5 Å². The van der Waals surface area contributed by atoms with Crippen LogP contribution in [0.2, 0.25) is 5.22 Å². The summed E-state index contributed by atoms with van der Waals surface area (Å²) in [7, 11) is 3.16. The summed E-state index contributed by atoms with van der Waals surface area (Å²) in [6.45, 7) is 3.78. The predicted octanol–water partition coefficient (Wildman–Crippen LogP) is 3.37. The maximum absolute atomic E-state index is 13.6. The number of hydrogen-bond acceptors (Lipinski definition) is 8. The van der Waals surface area contributed by atoms with Crippen LogP contribution < -0.4 is 11.2 Å². The minimum atomic E-state index is -0.411. The normalized spacial score (nSPS) is 19.8. The summed E-state index contributed by atoms with van der Waals surface area (Å²) in [4.78, 5) is 45.2. The van der Waals surface area contributed by atoms with Gasteiger partial charge in [-0.25, -0.2) is 14.6 Å². The number of thiazole rings is 1. The number of carbonyl (C=O) groups excluding carboxylic acids is 1. The highest BCUT2D eigenvalue weighted by atomic mass is 35.5. The molecule has 4 aromatic rings. The number of carbonyl (C=O) groups is 1. The first-order chi connectivity index (χ1) is 17.2. The lowest BCUT2D eigenvalue weighted by atomic mass is 10.2. The van der Waals surface area contributed by atoms with Crippen LogP contribution >= 0.6 is 34.7 Å². The summed E-state index contributed by atoms with van der Waals surface area (Å²) < 4.78 is 15.7. The second-order valence-corrected chi connectivity index (χ2v) is 11.5. The molecule has 10 nitrogen and oxygen atoms in total. The lowest BCUT2D eigenvalue weighted by Gasteiger charge is -2.32. The van der Waals surface area contributed by atoms with E-state index in [1.165, 1.54) is 23.0 Å². The highest BCUT2D eigenvalue weighted by Crippen LogP contribution is 2.49. The Bertz CT molecular complexity index is 1650. The summed E-state index contributed by atoms with van der Waals surface area (Å²) in [5, 5.41) is 2.91. The minimum Gasteiger partial charge on any atom is -0.448 e. The van der Waals surface area contributed by atoms with Crippen LogP contribution in [-0.4, -0.2) is 54.6 Å². The number of hydrogen-bond donors (Lipinski definition) is 0. The van der Waals surface area contributed by atoms with Gasteiger partial charge in [0.2, 0.25) is 0 Å². The van der Waals surface area contributed by atoms with Gasteiger partial charge < -0.3 is 18.6 Å². The molecule has 13 heteroatoms. The van der Waals surface area contributed by atoms with E-state index in [2.05, 4.69) is 4.57 Å². The van der Waals surface area contributed by atoms with Gasteiger partial charge in [0.1, 0.15) is 22.6 Å². The smallest absolute Gasteiger partial charge is 0.409 e. The van der Waals surface area contributed by atoms with E-state index >= 15 is 0 Å². The van der Waals surface area contributed by atoms with Gasteiger partial charge in [0.05, 0.1) is 28.8 Å². The first kappa shape index (κ1) is 23.4. The molecular formula is C23H22ClN5O5S2. The molecule has 4 aromatic heterocycles. The first-order valence-electron chi connectivity index (χ1n) is 11.3. The third-order valence-electron chi connectivity index (χ3n) is 6.61. The zero-order valence-corrected chi connectivity index (χ0v) is 22.1. The summed E-state index contributed by atoms with van der Waals surface area (Å²) in [6, 6.07) is 3.49. The number of cyclic esters (lactones) is 1. The Labute approximate surface area is 218 Å². The molecule has 0 aliphatic carbocycles. The SMILES string of the molecule is Cc1csc(-c2c3c(=O)n(C)c(=O)n(C)c3c3n2C[C@@H](CN2CCOC2=O)S[C@@H]3c2ccc(Cl)o2)n1. The molecule has 6 rings (SSSR count). The van der Waals surface area contributed by atoms with Crippen molar-refractivity contribution >= 4 is 51.7 Å². The second kappa shape index (κ2) is 8.56. The van der Waals surface area contributed by atoms with E-state index in [1.54, 1.807) is 29.8 Å². The van der Waals surface area contributed by atoms with Crippen molar-refractivity contribution in [2.75, 3.05) is 19.7 Å². The highest BCUT2D eigenvalue weighted by Gasteiger charge is 2.39. The van der Waals surface area contributed by atoms with Gasteiger partial charge in [0.25, 0.3) is 5.56 Å². The van der Waals surface area contributed by atoms with Crippen molar-refractivity contribution < 1.29 is 13.9 Å². The summed E-state index contributed by atoms with van der Waals surface area (Å²) in [5.41, 5.74) is 2.06. The number of furan rings is 1. The average Bonchev–Trinajstić information content (AvgIpc) is 3.63. The Morgan fingerprint density at radius 3 is 2.64 bits per heavy atom. The molecular weight excluding hydrogens is 526 g/mol. The second-order valence-electron chi connectivity index (χ2n) is 8.91. The van der Waals surface area contributed by atoms with Crippen molar-refractivity contribution in [2.45, 2.75) is 24.0 Å². The van der Waals surface area contributed by atoms with E-state index in [0.29, 0.717) is 53.6 Å². The molecule has 188 valence electrons. The van der Waals surface area contributed by atoms with Gasteiger partial charge >= 0.3 is 11.8 Å². The molecule has 2 aliphatic heterocycles. The van der Waals surface area contributed by atoms with Crippen molar-refractivity contribution in [3.63, 3.8) is 0 Å². The number of aromatic nitrogens is 4. The number of amides is 1. The molecule has 0 saturated carbocycles. The summed E-state index contributed by atoms with van der Waals surface area (Å²) >= 11 is 9.23. The molecule has 0 spiro atoms. The molecule has 6 heterocycles. The number of thioether (sulfide) groups is 1. The lowest BCUT2D eigenvalue weighted by Crippen LogP contribution is -2.37. The summed E-state index contributed by atoms with van der Waals surface area (Å²) in [6.07, 6.45) is -0.330. The number of nitrogens with zero attached hydrogens (tertiary/aromatic N) is 5. The van der Waals surface area contributed by atoms with E-state index in [-0.39, 0.29) is 27.4 Å². The van der Waals surface area contributed by atoms with E-state index in [9.17, 15) is 14.4 Å². The van der Waals surface area contributed by atoms with Crippen LogP contribution in [0.1, 0.15) is 22.4 Å². The Morgan fingerprint density at radius 2 is 2.00 bits per heavy atom. The molecule has 36 heavy (non-hydrogen) atoms. The van der Waals surface area contributed by atoms with Gasteiger partial charge in [-0.2, -0.15) is 0 Å². The van der Waals surface area contributed by atoms with E-state index < -0.39 is 5.69 Å². The van der Waals surface area contributed by atoms with E-state index in [0.717, 1.165) is 16.0 Å². The molecule has 0 radical (unpaired) electrons. The van der Waals surface area contributed by atoms with Crippen LogP contribution in [0, 0.1) is 6.92 Å². The van der Waals surface area contributed by atoms with E-state index in [4.69, 9.17) is 25.7 Å². The largest absolute Gasteiger partial charge is 0.448 e. The third-order valence-corrected chi connectivity index (χ3v) is 9.19. The Morgan fingerprint density at radius 1 is 1.19 bits per heavy atom. The fourth-order valence-electron chi connectivity index (χ4n) is 4.99. The first-order valence-corrected chi connectivity index (χ1v) is 13.5. The van der Waals surface area contributed by atoms with Gasteiger partial charge in [0.15, 0.2) is 5.22 Å². The van der Waals surface area contributed by atoms with Crippen molar-refractivity contribution in [2.24, 2.45) is 14.1 Å². The molecule has 0 aromatic carbocycles. The number of fused-ring (bicyclic) bond motifs is 3. The maximum atomic E-state index is 13.6. The van der Waals surface area contributed by atoms with Crippen molar-refractivity contribution in [3.8, 4) is 10.7 Å². The Kier molecular flexibility index (Phi) is 5.58. The van der Waals surface area contributed by atoms with Crippen LogP contribution in [0.3, 0.4) is 0 Å². The fourth-order valence-corrected chi connectivity index (χ4v) is 7.52. The lowest BCUT2D eigenvalue weighted by molar-refractivity contribution is 0.158. The molecule has 1 fully saturated rings. The van der Waals surface area contributed by atoms with Crippen LogP contribution in [0.5, 0.6) is 0 Å². The molecule has 2 atom stereocenters. The number of rotatable bonds is 4. The average molecular weight is 548 g/mol. The zero-order valence-electron chi connectivity index (χ0n) is 19.7. The maximum Gasteiger partial charge on any atom is 0.409 e. The van der Waals surface area contributed by atoms with Crippen LogP contribution in [0.4, 0.5) is 4.79 Å². The number of ether oxygens (including phenoxy) is 1. The van der Waals surface area contributed by atoms with Crippen molar-refractivity contribution in [3.05, 3.63) is 60.7 Å². The van der Waals surface area contributed by atoms with Gasteiger partial charge in [-0.3, -0.25) is 13.9 Å². The highest BCUT2D eigenvalue weighted by molar-refractivity contribution is 8.00. The van der Waals surface area contributed by atoms with Crippen LogP contribution in [-0.2, 0) is 25.4 Å². The molecule has 0 N–H and O–H groups in total. The molecule has 1 amide bonds. The Hall–Kier alpha value is -2.96. The van der Waals surface area contributed by atoms with E-state index in [1.807, 2.05) is 18.4 Å². The topological polar surface area (TPSA) is 104 Å². The van der Waals surface area contributed by atoms with Crippen molar-refractivity contribution in [1.29, 1.82) is 0 Å². The number of halogens is 1. The standard InChI is InChI=1S/C23H22ClN5O5S2/c1-11-10-35-20(25-11)17-15-16(26(2)22(31)27(3)21(15)30)18-19(13-4-5-14(24)34-13)36-12(9-29(17)18)8-28-6-7-33-23(28)32/h4-5,10,12,19H,6-9H2,1-3H3/t12-,19-/m1/s1. The molecule has 0 bridgehead atoms. The minimum absolute atomic E-state index is 0.0421. The molecule has 1 saturated heterocycles.